The van der Waals surface area contributed by atoms with Gasteiger partial charge in [0.1, 0.15) is 6.61 Å². The lowest BCUT2D eigenvalue weighted by atomic mass is 9.79. The predicted molar refractivity (Wildman–Crippen MR) is 61.9 cm³/mol. The normalized spacial score (nSPS) is 18.1. The largest absolute Gasteiger partial charge is 0.481 e. The van der Waals surface area contributed by atoms with Crippen LogP contribution in [0.25, 0.3) is 0 Å². The molecular weight excluding hydrogens is 236 g/mol. The molecule has 0 unspecified atom stereocenters. The number of ether oxygens (including phenoxy) is 1. The van der Waals surface area contributed by atoms with Crippen LogP contribution in [0.3, 0.4) is 0 Å². The number of aliphatic carboxylic acids is 1. The molecule has 0 saturated heterocycles. The second-order valence-corrected chi connectivity index (χ2v) is 4.99. The molecule has 0 amide bonds. The summed E-state index contributed by atoms with van der Waals surface area (Å²) in [6.07, 6.45) is 4.71. The second-order valence-electron chi connectivity index (χ2n) is 4.99. The van der Waals surface area contributed by atoms with Gasteiger partial charge in [0.25, 0.3) is 0 Å². The molecule has 1 aromatic rings. The number of carboxylic acid groups (broad SMARTS) is 1. The Hall–Kier alpha value is -1.43. The van der Waals surface area contributed by atoms with Crippen molar-refractivity contribution in [2.45, 2.75) is 45.1 Å². The summed E-state index contributed by atoms with van der Waals surface area (Å²) < 4.78 is 10.1. The van der Waals surface area contributed by atoms with Crippen LogP contribution < -0.4 is 0 Å². The molecule has 18 heavy (non-hydrogen) atoms. The first kappa shape index (κ1) is 13.0. The van der Waals surface area contributed by atoms with Crippen LogP contribution >= 0.6 is 0 Å². The summed E-state index contributed by atoms with van der Waals surface area (Å²) in [5, 5.41) is 12.8. The van der Waals surface area contributed by atoms with Gasteiger partial charge in [-0.15, -0.1) is 0 Å². The molecule has 0 radical (unpaired) electrons. The first-order chi connectivity index (χ1) is 8.63. The van der Waals surface area contributed by atoms with Gasteiger partial charge in [0.15, 0.2) is 5.82 Å². The standard InChI is InChI=1S/C12H18N2O4/c1-17-8-9-13-10(18-14-9)6-12(7-11(15)16)4-2-3-5-12/h2-8H2,1H3,(H,15,16). The van der Waals surface area contributed by atoms with Gasteiger partial charge >= 0.3 is 5.97 Å². The maximum Gasteiger partial charge on any atom is 0.303 e. The fourth-order valence-corrected chi connectivity index (χ4v) is 2.73. The van der Waals surface area contributed by atoms with Crippen molar-refractivity contribution in [1.29, 1.82) is 0 Å². The van der Waals surface area contributed by atoms with E-state index in [9.17, 15) is 4.79 Å². The zero-order chi connectivity index (χ0) is 13.0. The van der Waals surface area contributed by atoms with Gasteiger partial charge in [-0.3, -0.25) is 4.79 Å². The number of aromatic nitrogens is 2. The summed E-state index contributed by atoms with van der Waals surface area (Å²) in [4.78, 5) is 15.2. The monoisotopic (exact) mass is 254 g/mol. The molecule has 0 aliphatic heterocycles. The van der Waals surface area contributed by atoms with E-state index in [1.54, 1.807) is 7.11 Å². The van der Waals surface area contributed by atoms with Crippen molar-refractivity contribution >= 4 is 5.97 Å². The van der Waals surface area contributed by atoms with E-state index in [0.29, 0.717) is 24.7 Å². The van der Waals surface area contributed by atoms with Crippen LogP contribution in [-0.2, 0) is 22.6 Å². The van der Waals surface area contributed by atoms with E-state index in [1.165, 1.54) is 0 Å². The molecule has 6 nitrogen and oxygen atoms in total. The van der Waals surface area contributed by atoms with Gasteiger partial charge in [-0.1, -0.05) is 18.0 Å². The number of carbonyl (C=O) groups is 1. The van der Waals surface area contributed by atoms with Crippen molar-refractivity contribution in [2.24, 2.45) is 5.41 Å². The lowest BCUT2D eigenvalue weighted by Gasteiger charge is -2.24. The van der Waals surface area contributed by atoms with Crippen molar-refractivity contribution in [3.8, 4) is 0 Å². The van der Waals surface area contributed by atoms with Crippen LogP contribution in [0.2, 0.25) is 0 Å². The topological polar surface area (TPSA) is 85.5 Å². The highest BCUT2D eigenvalue weighted by Gasteiger charge is 2.37. The van der Waals surface area contributed by atoms with E-state index < -0.39 is 5.97 Å². The van der Waals surface area contributed by atoms with Gasteiger partial charge in [-0.2, -0.15) is 4.98 Å². The number of methoxy groups -OCH3 is 1. The van der Waals surface area contributed by atoms with E-state index >= 15 is 0 Å². The Labute approximate surface area is 105 Å². The Morgan fingerprint density at radius 3 is 2.83 bits per heavy atom. The fraction of sp³-hybridized carbons (Fsp3) is 0.750. The summed E-state index contributed by atoms with van der Waals surface area (Å²) in [5.74, 6) is 0.273. The average Bonchev–Trinajstić information content (AvgIpc) is 2.89. The summed E-state index contributed by atoms with van der Waals surface area (Å²) in [7, 11) is 1.57. The molecule has 1 aromatic heterocycles. The van der Waals surface area contributed by atoms with E-state index in [1.807, 2.05) is 0 Å². The molecule has 0 atom stereocenters. The van der Waals surface area contributed by atoms with Crippen LogP contribution in [0.1, 0.15) is 43.8 Å². The Morgan fingerprint density at radius 2 is 2.22 bits per heavy atom. The first-order valence-corrected chi connectivity index (χ1v) is 6.16. The number of rotatable bonds is 6. The predicted octanol–water partition coefficient (Wildman–Crippen LogP) is 1.79. The third-order valence-corrected chi connectivity index (χ3v) is 3.50. The van der Waals surface area contributed by atoms with Crippen molar-refractivity contribution in [3.63, 3.8) is 0 Å². The molecule has 1 heterocycles. The minimum Gasteiger partial charge on any atom is -0.481 e. The highest BCUT2D eigenvalue weighted by atomic mass is 16.5. The summed E-state index contributed by atoms with van der Waals surface area (Å²) in [5.41, 5.74) is -0.206. The third kappa shape index (κ3) is 3.07. The fourth-order valence-electron chi connectivity index (χ4n) is 2.73. The highest BCUT2D eigenvalue weighted by molar-refractivity contribution is 5.67. The Bertz CT molecular complexity index is 410. The highest BCUT2D eigenvalue weighted by Crippen LogP contribution is 2.43. The molecule has 0 bridgehead atoms. The van der Waals surface area contributed by atoms with Gasteiger partial charge in [0.05, 0.1) is 6.42 Å². The molecule has 1 aliphatic rings. The quantitative estimate of drug-likeness (QED) is 0.833. The van der Waals surface area contributed by atoms with E-state index in [4.69, 9.17) is 14.4 Å². The van der Waals surface area contributed by atoms with Crippen LogP contribution in [0.4, 0.5) is 0 Å². The lowest BCUT2D eigenvalue weighted by molar-refractivity contribution is -0.139. The number of carboxylic acids is 1. The van der Waals surface area contributed by atoms with Crippen LogP contribution in [-0.4, -0.2) is 28.3 Å². The summed E-state index contributed by atoms with van der Waals surface area (Å²) in [6, 6.07) is 0. The van der Waals surface area contributed by atoms with Crippen molar-refractivity contribution < 1.29 is 19.2 Å². The Kier molecular flexibility index (Phi) is 3.96. The van der Waals surface area contributed by atoms with Crippen molar-refractivity contribution in [3.05, 3.63) is 11.7 Å². The van der Waals surface area contributed by atoms with E-state index in [-0.39, 0.29) is 11.8 Å². The van der Waals surface area contributed by atoms with Gasteiger partial charge in [0.2, 0.25) is 5.89 Å². The zero-order valence-electron chi connectivity index (χ0n) is 10.5. The first-order valence-electron chi connectivity index (χ1n) is 6.16. The molecule has 100 valence electrons. The van der Waals surface area contributed by atoms with E-state index in [2.05, 4.69) is 10.1 Å². The lowest BCUT2D eigenvalue weighted by Crippen LogP contribution is -2.24. The van der Waals surface area contributed by atoms with Crippen LogP contribution in [0.5, 0.6) is 0 Å². The van der Waals surface area contributed by atoms with Crippen molar-refractivity contribution in [1.82, 2.24) is 10.1 Å². The number of nitrogens with zero attached hydrogens (tertiary/aromatic N) is 2. The molecular formula is C12H18N2O4. The SMILES string of the molecule is COCc1noc(CC2(CC(=O)O)CCCC2)n1. The molecule has 1 saturated carbocycles. The Balaban J connectivity index is 2.05. The smallest absolute Gasteiger partial charge is 0.303 e. The molecule has 6 heteroatoms. The molecule has 2 rings (SSSR count). The minimum atomic E-state index is -0.756. The molecule has 0 spiro atoms. The summed E-state index contributed by atoms with van der Waals surface area (Å²) >= 11 is 0. The number of hydrogen-bond acceptors (Lipinski definition) is 5. The van der Waals surface area contributed by atoms with Gasteiger partial charge < -0.3 is 14.4 Å². The third-order valence-electron chi connectivity index (χ3n) is 3.50. The molecule has 1 fully saturated rings. The maximum atomic E-state index is 11.0. The minimum absolute atomic E-state index is 0.176. The van der Waals surface area contributed by atoms with Crippen LogP contribution in [0.15, 0.2) is 4.52 Å². The molecule has 1 N–H and O–H groups in total. The van der Waals surface area contributed by atoms with Gasteiger partial charge in [-0.05, 0) is 18.3 Å². The maximum absolute atomic E-state index is 11.0. The van der Waals surface area contributed by atoms with Gasteiger partial charge in [-0.25, -0.2) is 0 Å². The number of hydrogen-bond donors (Lipinski definition) is 1. The Morgan fingerprint density at radius 1 is 1.50 bits per heavy atom. The van der Waals surface area contributed by atoms with E-state index in [0.717, 1.165) is 25.7 Å². The average molecular weight is 254 g/mol. The zero-order valence-corrected chi connectivity index (χ0v) is 10.5. The second kappa shape index (κ2) is 5.48. The molecule has 1 aliphatic carbocycles. The summed E-state index contributed by atoms with van der Waals surface area (Å²) in [6.45, 7) is 0.315. The van der Waals surface area contributed by atoms with Crippen LogP contribution in [0, 0.1) is 5.41 Å². The molecule has 0 aromatic carbocycles. The van der Waals surface area contributed by atoms with Crippen molar-refractivity contribution in [2.75, 3.05) is 7.11 Å². The van der Waals surface area contributed by atoms with Gasteiger partial charge in [0, 0.05) is 13.5 Å².